The second-order valence-electron chi connectivity index (χ2n) is 7.41. The zero-order valence-electron chi connectivity index (χ0n) is 15.0. The number of carbonyl (C=O) groups is 3. The lowest BCUT2D eigenvalue weighted by molar-refractivity contribution is -0.136. The maximum Gasteiger partial charge on any atom is 0.273 e. The van der Waals surface area contributed by atoms with E-state index >= 15 is 0 Å². The number of likely N-dealkylation sites (tertiary alicyclic amines) is 1. The molecular weight excluding hydrogens is 336 g/mol. The molecule has 4 rings (SSSR count). The third-order valence-corrected chi connectivity index (χ3v) is 5.85. The highest BCUT2D eigenvalue weighted by Gasteiger charge is 2.41. The molecule has 1 aromatic rings. The third-order valence-electron chi connectivity index (χ3n) is 5.85. The predicted octanol–water partition coefficient (Wildman–Crippen LogP) is 0.710. The minimum atomic E-state index is -0.312. The van der Waals surface area contributed by atoms with Crippen LogP contribution in [0.1, 0.15) is 53.9 Å². The molecular formula is C18H24N4O4. The zero-order valence-corrected chi connectivity index (χ0v) is 15.0. The van der Waals surface area contributed by atoms with Crippen LogP contribution in [-0.4, -0.2) is 58.9 Å². The van der Waals surface area contributed by atoms with E-state index in [1.807, 2.05) is 4.90 Å². The average Bonchev–Trinajstić information content (AvgIpc) is 3.38. The summed E-state index contributed by atoms with van der Waals surface area (Å²) in [4.78, 5) is 40.9. The molecule has 0 aromatic carbocycles. The molecule has 140 valence electrons. The van der Waals surface area contributed by atoms with Crippen LogP contribution in [0.5, 0.6) is 0 Å². The van der Waals surface area contributed by atoms with Crippen LogP contribution in [0.2, 0.25) is 0 Å². The Balaban J connectivity index is 1.45. The van der Waals surface area contributed by atoms with Crippen molar-refractivity contribution < 1.29 is 18.9 Å². The van der Waals surface area contributed by atoms with Gasteiger partial charge >= 0.3 is 0 Å². The van der Waals surface area contributed by atoms with Crippen LogP contribution in [-0.2, 0) is 22.6 Å². The molecule has 3 aliphatic rings. The quantitative estimate of drug-likeness (QED) is 0.856. The molecule has 8 nitrogen and oxygen atoms in total. The van der Waals surface area contributed by atoms with E-state index < -0.39 is 0 Å². The average molecular weight is 360 g/mol. The van der Waals surface area contributed by atoms with Crippen molar-refractivity contribution in [3.8, 4) is 0 Å². The van der Waals surface area contributed by atoms with Crippen molar-refractivity contribution in [2.24, 2.45) is 5.92 Å². The van der Waals surface area contributed by atoms with Crippen molar-refractivity contribution in [2.45, 2.75) is 51.1 Å². The van der Waals surface area contributed by atoms with Crippen molar-refractivity contribution in [3.63, 3.8) is 0 Å². The number of nitrogens with one attached hydrogen (secondary N) is 1. The van der Waals surface area contributed by atoms with Gasteiger partial charge in [0.25, 0.3) is 5.91 Å². The second-order valence-corrected chi connectivity index (χ2v) is 7.41. The number of hydrogen-bond donors (Lipinski definition) is 1. The summed E-state index contributed by atoms with van der Waals surface area (Å²) >= 11 is 0. The Morgan fingerprint density at radius 1 is 1.27 bits per heavy atom. The van der Waals surface area contributed by atoms with Crippen LogP contribution < -0.4 is 5.32 Å². The fourth-order valence-corrected chi connectivity index (χ4v) is 4.42. The van der Waals surface area contributed by atoms with Gasteiger partial charge in [-0.3, -0.25) is 14.4 Å². The Bertz CT molecular complexity index is 738. The van der Waals surface area contributed by atoms with E-state index in [1.165, 1.54) is 7.05 Å². The van der Waals surface area contributed by atoms with Gasteiger partial charge in [0, 0.05) is 44.6 Å². The standard InChI is InChI=1S/C18H24N4O4/c1-19-17(24)16-13-10-21(7-6-14(13)26-20-16)18(25)11-8-15(23)22(9-11)12-4-2-3-5-12/h11-12H,2-10H2,1H3,(H,19,24)/t11-/m1/s1. The number of aromatic nitrogens is 1. The van der Waals surface area contributed by atoms with E-state index in [9.17, 15) is 14.4 Å². The van der Waals surface area contributed by atoms with E-state index in [-0.39, 0.29) is 29.3 Å². The normalized spacial score (nSPS) is 23.4. The van der Waals surface area contributed by atoms with Gasteiger partial charge in [-0.1, -0.05) is 18.0 Å². The van der Waals surface area contributed by atoms with Gasteiger partial charge in [0.2, 0.25) is 11.8 Å². The fourth-order valence-electron chi connectivity index (χ4n) is 4.42. The van der Waals surface area contributed by atoms with Crippen molar-refractivity contribution in [3.05, 3.63) is 17.0 Å². The third kappa shape index (κ3) is 2.87. The summed E-state index contributed by atoms with van der Waals surface area (Å²) in [6.07, 6.45) is 5.27. The number of carbonyl (C=O) groups excluding carboxylic acids is 3. The van der Waals surface area contributed by atoms with E-state index in [4.69, 9.17) is 4.52 Å². The molecule has 2 fully saturated rings. The Labute approximate surface area is 151 Å². The summed E-state index contributed by atoms with van der Waals surface area (Å²) in [5.74, 6) is 0.168. The monoisotopic (exact) mass is 360 g/mol. The van der Waals surface area contributed by atoms with Gasteiger partial charge in [0.05, 0.1) is 12.5 Å². The molecule has 8 heteroatoms. The molecule has 3 amide bonds. The summed E-state index contributed by atoms with van der Waals surface area (Å²) in [6.45, 7) is 1.37. The van der Waals surface area contributed by atoms with Gasteiger partial charge in [-0.05, 0) is 12.8 Å². The minimum Gasteiger partial charge on any atom is -0.360 e. The molecule has 1 aromatic heterocycles. The SMILES string of the molecule is CNC(=O)c1noc2c1CN(C(=O)[C@@H]1CC(=O)N(C3CCCC3)C1)CC2. The lowest BCUT2D eigenvalue weighted by atomic mass is 10.0. The first-order valence-corrected chi connectivity index (χ1v) is 9.36. The Hall–Kier alpha value is -2.38. The minimum absolute atomic E-state index is 0.00597. The lowest BCUT2D eigenvalue weighted by Crippen LogP contribution is -2.41. The smallest absolute Gasteiger partial charge is 0.273 e. The maximum atomic E-state index is 13.0. The second kappa shape index (κ2) is 6.74. The van der Waals surface area contributed by atoms with Gasteiger partial charge in [-0.15, -0.1) is 0 Å². The van der Waals surface area contributed by atoms with E-state index in [2.05, 4.69) is 10.5 Å². The predicted molar refractivity (Wildman–Crippen MR) is 91.1 cm³/mol. The van der Waals surface area contributed by atoms with Crippen molar-refractivity contribution in [1.29, 1.82) is 0 Å². The van der Waals surface area contributed by atoms with Gasteiger partial charge in [-0.25, -0.2) is 0 Å². The summed E-state index contributed by atoms with van der Waals surface area (Å²) in [5, 5.41) is 6.39. The van der Waals surface area contributed by atoms with Crippen LogP contribution in [0, 0.1) is 5.92 Å². The number of hydrogen-bond acceptors (Lipinski definition) is 5. The zero-order chi connectivity index (χ0) is 18.3. The highest BCUT2D eigenvalue weighted by atomic mass is 16.5. The van der Waals surface area contributed by atoms with Crippen molar-refractivity contribution in [1.82, 2.24) is 20.3 Å². The topological polar surface area (TPSA) is 95.7 Å². The van der Waals surface area contributed by atoms with Crippen LogP contribution in [0.3, 0.4) is 0 Å². The first-order chi connectivity index (χ1) is 12.6. The molecule has 26 heavy (non-hydrogen) atoms. The van der Waals surface area contributed by atoms with Crippen molar-refractivity contribution >= 4 is 17.7 Å². The lowest BCUT2D eigenvalue weighted by Gasteiger charge is -2.29. The fraction of sp³-hybridized carbons (Fsp3) is 0.667. The molecule has 0 spiro atoms. The summed E-state index contributed by atoms with van der Waals surface area (Å²) in [5.41, 5.74) is 0.927. The summed E-state index contributed by atoms with van der Waals surface area (Å²) in [6, 6.07) is 0.311. The Morgan fingerprint density at radius 3 is 2.77 bits per heavy atom. The van der Waals surface area contributed by atoms with E-state index in [1.54, 1.807) is 4.90 Å². The number of amides is 3. The molecule has 1 saturated carbocycles. The molecule has 1 saturated heterocycles. The summed E-state index contributed by atoms with van der Waals surface area (Å²) in [7, 11) is 1.54. The Morgan fingerprint density at radius 2 is 2.04 bits per heavy atom. The number of fused-ring (bicyclic) bond motifs is 1. The van der Waals surface area contributed by atoms with Crippen LogP contribution in [0.25, 0.3) is 0 Å². The van der Waals surface area contributed by atoms with Crippen LogP contribution in [0.4, 0.5) is 0 Å². The molecule has 0 unspecified atom stereocenters. The number of nitrogens with zero attached hydrogens (tertiary/aromatic N) is 3. The van der Waals surface area contributed by atoms with E-state index in [0.29, 0.717) is 49.8 Å². The van der Waals surface area contributed by atoms with Gasteiger partial charge in [-0.2, -0.15) is 0 Å². The van der Waals surface area contributed by atoms with Gasteiger partial charge in [0.15, 0.2) is 5.69 Å². The highest BCUT2D eigenvalue weighted by molar-refractivity contribution is 5.94. The van der Waals surface area contributed by atoms with Gasteiger partial charge in [0.1, 0.15) is 5.76 Å². The first-order valence-electron chi connectivity index (χ1n) is 9.36. The summed E-state index contributed by atoms with van der Waals surface area (Å²) < 4.78 is 5.25. The molecule has 1 aliphatic carbocycles. The van der Waals surface area contributed by atoms with Gasteiger partial charge < -0.3 is 19.6 Å². The first kappa shape index (κ1) is 17.1. The molecule has 1 N–H and O–H groups in total. The molecule has 3 heterocycles. The van der Waals surface area contributed by atoms with Crippen molar-refractivity contribution in [2.75, 3.05) is 20.1 Å². The van der Waals surface area contributed by atoms with Crippen LogP contribution in [0.15, 0.2) is 4.52 Å². The van der Waals surface area contributed by atoms with Crippen LogP contribution >= 0.6 is 0 Å². The maximum absolute atomic E-state index is 13.0. The number of rotatable bonds is 3. The molecule has 0 radical (unpaired) electrons. The van der Waals surface area contributed by atoms with E-state index in [0.717, 1.165) is 25.7 Å². The molecule has 0 bridgehead atoms. The highest BCUT2D eigenvalue weighted by Crippen LogP contribution is 2.31. The largest absolute Gasteiger partial charge is 0.360 e. The molecule has 2 aliphatic heterocycles. The Kier molecular flexibility index (Phi) is 4.42. The molecule has 1 atom stereocenters.